The number of benzene rings is 3. The highest BCUT2D eigenvalue weighted by molar-refractivity contribution is 7.87. The highest BCUT2D eigenvalue weighted by Gasteiger charge is 2.50. The number of halogens is 4. The quantitative estimate of drug-likeness (QED) is 0.311. The van der Waals surface area contributed by atoms with Crippen LogP contribution in [0, 0.1) is 0 Å². The summed E-state index contributed by atoms with van der Waals surface area (Å²) in [5, 5.41) is 19.9. The summed E-state index contributed by atoms with van der Waals surface area (Å²) in [4.78, 5) is 0. The predicted molar refractivity (Wildman–Crippen MR) is 114 cm³/mol. The van der Waals surface area contributed by atoms with Crippen LogP contribution in [0.5, 0.6) is 11.5 Å². The van der Waals surface area contributed by atoms with Gasteiger partial charge < -0.3 is 10.2 Å². The van der Waals surface area contributed by atoms with Crippen LogP contribution >= 0.6 is 46.4 Å². The van der Waals surface area contributed by atoms with E-state index < -0.39 is 25.6 Å². The molecule has 3 aromatic rings. The van der Waals surface area contributed by atoms with Crippen molar-refractivity contribution >= 4 is 56.5 Å². The summed E-state index contributed by atoms with van der Waals surface area (Å²) >= 11 is 24.3. The van der Waals surface area contributed by atoms with Crippen molar-refractivity contribution in [1.82, 2.24) is 0 Å². The van der Waals surface area contributed by atoms with Gasteiger partial charge in [0, 0.05) is 15.6 Å². The van der Waals surface area contributed by atoms with Gasteiger partial charge in [0.15, 0.2) is 10.5 Å². The summed E-state index contributed by atoms with van der Waals surface area (Å²) in [6.07, 6.45) is 0. The minimum absolute atomic E-state index is 0.00205. The molecule has 0 saturated heterocycles. The van der Waals surface area contributed by atoms with E-state index in [9.17, 15) is 23.2 Å². The van der Waals surface area contributed by atoms with Crippen molar-refractivity contribution in [1.29, 1.82) is 0 Å². The second kappa shape index (κ2) is 7.87. The Morgan fingerprint density at radius 1 is 0.793 bits per heavy atom. The fraction of sp³-hybridized carbons (Fsp3) is 0.0526. The summed E-state index contributed by atoms with van der Waals surface area (Å²) in [6.45, 7) is 0. The Kier molecular flexibility index (Phi) is 5.98. The lowest BCUT2D eigenvalue weighted by Gasteiger charge is -2.33. The van der Waals surface area contributed by atoms with Crippen LogP contribution in [0.2, 0.25) is 20.1 Å². The van der Waals surface area contributed by atoms with E-state index >= 15 is 0 Å². The molecular formula is C19H12Cl4O5S. The highest BCUT2D eigenvalue weighted by atomic mass is 35.5. The molecule has 0 radical (unpaired) electrons. The maximum atomic E-state index is 13.0. The molecule has 29 heavy (non-hydrogen) atoms. The summed E-state index contributed by atoms with van der Waals surface area (Å²) < 4.78 is 34.0. The van der Waals surface area contributed by atoms with Gasteiger partial charge in [-0.05, 0) is 47.5 Å². The minimum Gasteiger partial charge on any atom is -0.508 e. The Hall–Kier alpha value is -1.67. The van der Waals surface area contributed by atoms with E-state index in [1.54, 1.807) is 0 Å². The van der Waals surface area contributed by atoms with Crippen LogP contribution in [0.15, 0.2) is 54.6 Å². The molecule has 0 aromatic heterocycles. The van der Waals surface area contributed by atoms with Crippen LogP contribution in [-0.2, 0) is 14.9 Å². The van der Waals surface area contributed by atoms with Gasteiger partial charge >= 0.3 is 0 Å². The second-order valence-electron chi connectivity index (χ2n) is 6.12. The Morgan fingerprint density at radius 2 is 1.45 bits per heavy atom. The molecule has 0 spiro atoms. The first-order chi connectivity index (χ1) is 13.5. The van der Waals surface area contributed by atoms with E-state index in [-0.39, 0.29) is 37.5 Å². The van der Waals surface area contributed by atoms with E-state index in [1.807, 2.05) is 0 Å². The first-order valence-corrected chi connectivity index (χ1v) is 10.8. The number of phenolic OH excluding ortho intramolecular Hbond substituents is 2. The van der Waals surface area contributed by atoms with Crippen molar-refractivity contribution < 1.29 is 23.2 Å². The normalized spacial score (nSPS) is 13.8. The average Bonchev–Trinajstić information content (AvgIpc) is 2.60. The maximum Gasteiger partial charge on any atom is 0.283 e. The molecule has 0 amide bonds. The fourth-order valence-corrected chi connectivity index (χ4v) is 5.49. The topological polar surface area (TPSA) is 94.8 Å². The largest absolute Gasteiger partial charge is 0.508 e. The highest BCUT2D eigenvalue weighted by Crippen LogP contribution is 2.50. The summed E-state index contributed by atoms with van der Waals surface area (Å²) in [5.74, 6) is -0.927. The minimum atomic E-state index is -5.06. The van der Waals surface area contributed by atoms with Gasteiger partial charge in [-0.2, -0.15) is 8.42 Å². The first kappa shape index (κ1) is 22.0. The van der Waals surface area contributed by atoms with E-state index in [0.717, 1.165) is 6.07 Å². The molecule has 0 aliphatic carbocycles. The van der Waals surface area contributed by atoms with Crippen LogP contribution in [0.25, 0.3) is 0 Å². The van der Waals surface area contributed by atoms with Gasteiger partial charge in [-0.1, -0.05) is 64.6 Å². The third kappa shape index (κ3) is 3.77. The Balaban J connectivity index is 2.61. The van der Waals surface area contributed by atoms with Gasteiger partial charge in [-0.15, -0.1) is 0 Å². The zero-order valence-corrected chi connectivity index (χ0v) is 18.1. The number of hydrogen-bond acceptors (Lipinski definition) is 4. The zero-order valence-electron chi connectivity index (χ0n) is 14.3. The van der Waals surface area contributed by atoms with Gasteiger partial charge in [-0.3, -0.25) is 4.55 Å². The Bertz CT molecular complexity index is 1190. The molecule has 5 nitrogen and oxygen atoms in total. The lowest BCUT2D eigenvalue weighted by atomic mass is 9.83. The lowest BCUT2D eigenvalue weighted by Crippen LogP contribution is -2.38. The van der Waals surface area contributed by atoms with Crippen molar-refractivity contribution in [3.05, 3.63) is 91.4 Å². The number of hydrogen-bond donors (Lipinski definition) is 3. The van der Waals surface area contributed by atoms with Gasteiger partial charge in [-0.25, -0.2) is 0 Å². The SMILES string of the molecule is O=S(=O)(O)C(c1cccc(Cl)c1)(c1cc(O)cc(Cl)c1)c1ccc(Cl)c(O)c1Cl. The van der Waals surface area contributed by atoms with Crippen molar-refractivity contribution in [2.24, 2.45) is 0 Å². The van der Waals surface area contributed by atoms with Crippen molar-refractivity contribution in [3.8, 4) is 11.5 Å². The summed E-state index contributed by atoms with van der Waals surface area (Å²) in [6, 6.07) is 11.7. The fourth-order valence-electron chi connectivity index (χ4n) is 3.21. The number of phenols is 2. The smallest absolute Gasteiger partial charge is 0.283 e. The molecule has 0 saturated carbocycles. The van der Waals surface area contributed by atoms with Gasteiger partial charge in [0.2, 0.25) is 0 Å². The van der Waals surface area contributed by atoms with Crippen LogP contribution in [0.3, 0.4) is 0 Å². The van der Waals surface area contributed by atoms with Crippen LogP contribution < -0.4 is 0 Å². The Morgan fingerprint density at radius 3 is 2.03 bits per heavy atom. The molecule has 3 rings (SSSR count). The molecule has 1 unspecified atom stereocenters. The van der Waals surface area contributed by atoms with Crippen LogP contribution in [0.1, 0.15) is 16.7 Å². The predicted octanol–water partition coefficient (Wildman–Crippen LogP) is 5.89. The van der Waals surface area contributed by atoms with Crippen molar-refractivity contribution in [2.75, 3.05) is 0 Å². The molecule has 152 valence electrons. The molecule has 0 heterocycles. The van der Waals surface area contributed by atoms with Gasteiger partial charge in [0.1, 0.15) is 5.75 Å². The molecule has 3 N–H and O–H groups in total. The molecule has 0 bridgehead atoms. The van der Waals surface area contributed by atoms with E-state index in [1.165, 1.54) is 48.5 Å². The molecule has 3 aromatic carbocycles. The third-order valence-electron chi connectivity index (χ3n) is 4.35. The number of rotatable bonds is 4. The molecular weight excluding hydrogens is 482 g/mol. The van der Waals surface area contributed by atoms with E-state index in [0.29, 0.717) is 0 Å². The third-order valence-corrected chi connectivity index (χ3v) is 6.96. The summed E-state index contributed by atoms with van der Waals surface area (Å²) in [7, 11) is -5.06. The average molecular weight is 494 g/mol. The second-order valence-corrected chi connectivity index (χ2v) is 9.34. The van der Waals surface area contributed by atoms with Crippen LogP contribution in [0.4, 0.5) is 0 Å². The summed E-state index contributed by atoms with van der Waals surface area (Å²) in [5.41, 5.74) is -0.346. The standard InChI is InChI=1S/C19H12Cl4O5S/c20-12-3-1-2-10(6-12)19(29(26,27)28,11-7-13(21)9-14(24)8-11)15-4-5-16(22)18(25)17(15)23/h1-9,24-25H,(H,26,27,28). The van der Waals surface area contributed by atoms with E-state index in [2.05, 4.69) is 0 Å². The number of aromatic hydroxyl groups is 2. The van der Waals surface area contributed by atoms with Gasteiger partial charge in [0.25, 0.3) is 10.1 Å². The molecule has 0 aliphatic heterocycles. The molecule has 0 aliphatic rings. The first-order valence-electron chi connectivity index (χ1n) is 7.89. The van der Waals surface area contributed by atoms with Crippen molar-refractivity contribution in [3.63, 3.8) is 0 Å². The van der Waals surface area contributed by atoms with Gasteiger partial charge in [0.05, 0.1) is 10.0 Å². The monoisotopic (exact) mass is 492 g/mol. The maximum absolute atomic E-state index is 13.0. The van der Waals surface area contributed by atoms with E-state index in [4.69, 9.17) is 46.4 Å². The van der Waals surface area contributed by atoms with Crippen molar-refractivity contribution in [2.45, 2.75) is 4.75 Å². The Labute approximate surface area is 186 Å². The lowest BCUT2D eigenvalue weighted by molar-refractivity contribution is 0.455. The molecule has 1 atom stereocenters. The van der Waals surface area contributed by atoms with Crippen LogP contribution in [-0.4, -0.2) is 23.2 Å². The molecule has 0 fully saturated rings. The zero-order chi connectivity index (χ0) is 21.6. The molecule has 10 heteroatoms.